The number of thiazole rings is 1. The zero-order chi connectivity index (χ0) is 22.6. The predicted molar refractivity (Wildman–Crippen MR) is 137 cm³/mol. The topological polar surface area (TPSA) is 48.5 Å². The first-order valence-corrected chi connectivity index (χ1v) is 12.2. The number of carbonyl (C=O) groups excluding carboxylic acids is 1. The molecule has 0 aliphatic carbocycles. The summed E-state index contributed by atoms with van der Waals surface area (Å²) in [4.78, 5) is 22.3. The Balaban J connectivity index is 1.20. The molecule has 5 nitrogen and oxygen atoms in total. The minimum absolute atomic E-state index is 0.0503. The average Bonchev–Trinajstić information content (AvgIpc) is 3.29. The fourth-order valence-electron chi connectivity index (χ4n) is 4.23. The average molecular weight is 457 g/mol. The number of carbonyl (C=O) groups is 1. The number of likely N-dealkylation sites (N-methyl/N-ethyl adjacent to an activating group) is 1. The van der Waals surface area contributed by atoms with Gasteiger partial charge in [-0.15, -0.1) is 11.3 Å². The fourth-order valence-corrected chi connectivity index (χ4v) is 5.06. The standard InChI is InChI=1S/C27H28N4OS/c1-30-13-15-31(16-14-30)18-20-9-11-22(12-10-20)27-28-23(19-33-27)17-26(32)29-25-8-4-6-21-5-2-3-7-24(21)25/h2-12,19H,13-18H2,1H3,(H,29,32). The molecule has 1 aliphatic heterocycles. The van der Waals surface area contributed by atoms with E-state index in [1.54, 1.807) is 11.3 Å². The van der Waals surface area contributed by atoms with Gasteiger partial charge in [-0.05, 0) is 24.1 Å². The van der Waals surface area contributed by atoms with Crippen LogP contribution in [-0.2, 0) is 17.8 Å². The Labute approximate surface area is 198 Å². The van der Waals surface area contributed by atoms with Crippen molar-refractivity contribution in [3.8, 4) is 10.6 Å². The molecular weight excluding hydrogens is 428 g/mol. The van der Waals surface area contributed by atoms with Crippen molar-refractivity contribution in [2.45, 2.75) is 13.0 Å². The zero-order valence-corrected chi connectivity index (χ0v) is 19.6. The summed E-state index contributed by atoms with van der Waals surface area (Å²) in [6.07, 6.45) is 0.265. The maximum Gasteiger partial charge on any atom is 0.230 e. The minimum atomic E-state index is -0.0503. The first-order chi connectivity index (χ1) is 16.1. The number of rotatable bonds is 6. The van der Waals surface area contributed by atoms with Crippen molar-refractivity contribution < 1.29 is 4.79 Å². The number of benzene rings is 3. The Bertz CT molecular complexity index is 1240. The molecule has 0 bridgehead atoms. The van der Waals surface area contributed by atoms with Crippen LogP contribution in [0.5, 0.6) is 0 Å². The summed E-state index contributed by atoms with van der Waals surface area (Å²) in [6, 6.07) is 22.7. The van der Waals surface area contributed by atoms with E-state index in [-0.39, 0.29) is 12.3 Å². The number of piperazine rings is 1. The van der Waals surface area contributed by atoms with Gasteiger partial charge in [0.1, 0.15) is 5.01 Å². The molecule has 1 aromatic heterocycles. The van der Waals surface area contributed by atoms with Crippen molar-refractivity contribution in [3.63, 3.8) is 0 Å². The van der Waals surface area contributed by atoms with E-state index in [0.29, 0.717) is 0 Å². The number of fused-ring (bicyclic) bond motifs is 1. The van der Waals surface area contributed by atoms with Gasteiger partial charge in [0.05, 0.1) is 12.1 Å². The lowest BCUT2D eigenvalue weighted by molar-refractivity contribution is -0.115. The monoisotopic (exact) mass is 456 g/mol. The molecule has 0 spiro atoms. The van der Waals surface area contributed by atoms with Gasteiger partial charge in [0, 0.05) is 54.7 Å². The number of amides is 1. The van der Waals surface area contributed by atoms with Crippen molar-refractivity contribution >= 4 is 33.7 Å². The van der Waals surface area contributed by atoms with E-state index in [0.717, 1.165) is 65.4 Å². The van der Waals surface area contributed by atoms with Crippen molar-refractivity contribution in [1.29, 1.82) is 0 Å². The van der Waals surface area contributed by atoms with Crippen LogP contribution >= 0.6 is 11.3 Å². The number of aromatic nitrogens is 1. The van der Waals surface area contributed by atoms with Crippen LogP contribution in [0, 0.1) is 0 Å². The van der Waals surface area contributed by atoms with Crippen LogP contribution in [-0.4, -0.2) is 53.9 Å². The molecule has 1 saturated heterocycles. The summed E-state index contributed by atoms with van der Waals surface area (Å²) in [5.41, 5.74) is 4.07. The van der Waals surface area contributed by atoms with Crippen LogP contribution in [0.3, 0.4) is 0 Å². The molecule has 1 N–H and O–H groups in total. The highest BCUT2D eigenvalue weighted by Crippen LogP contribution is 2.26. The third kappa shape index (κ3) is 5.30. The molecule has 0 unspecified atom stereocenters. The highest BCUT2D eigenvalue weighted by Gasteiger charge is 2.14. The summed E-state index contributed by atoms with van der Waals surface area (Å²) >= 11 is 1.59. The highest BCUT2D eigenvalue weighted by atomic mass is 32.1. The Kier molecular flexibility index (Phi) is 6.48. The Hall–Kier alpha value is -3.06. The Morgan fingerprint density at radius 1 is 0.970 bits per heavy atom. The quantitative estimate of drug-likeness (QED) is 0.449. The number of anilines is 1. The van der Waals surface area contributed by atoms with Gasteiger partial charge in [-0.1, -0.05) is 60.7 Å². The van der Waals surface area contributed by atoms with E-state index in [1.165, 1.54) is 5.56 Å². The second-order valence-corrected chi connectivity index (χ2v) is 9.53. The summed E-state index contributed by atoms with van der Waals surface area (Å²) in [5.74, 6) is -0.0503. The predicted octanol–water partition coefficient (Wildman–Crippen LogP) is 4.89. The molecule has 1 amide bonds. The molecule has 168 valence electrons. The van der Waals surface area contributed by atoms with Crippen molar-refractivity contribution in [2.24, 2.45) is 0 Å². The van der Waals surface area contributed by atoms with E-state index < -0.39 is 0 Å². The van der Waals surface area contributed by atoms with Gasteiger partial charge in [-0.3, -0.25) is 9.69 Å². The zero-order valence-electron chi connectivity index (χ0n) is 18.8. The maximum absolute atomic E-state index is 12.7. The number of hydrogen-bond acceptors (Lipinski definition) is 5. The van der Waals surface area contributed by atoms with E-state index in [9.17, 15) is 4.79 Å². The third-order valence-corrected chi connectivity index (χ3v) is 7.10. The number of hydrogen-bond donors (Lipinski definition) is 1. The lowest BCUT2D eigenvalue weighted by Crippen LogP contribution is -2.43. The van der Waals surface area contributed by atoms with Crippen LogP contribution in [0.4, 0.5) is 5.69 Å². The molecule has 0 saturated carbocycles. The van der Waals surface area contributed by atoms with Gasteiger partial charge in [0.2, 0.25) is 5.91 Å². The Morgan fingerprint density at radius 2 is 1.73 bits per heavy atom. The molecule has 2 heterocycles. The second-order valence-electron chi connectivity index (χ2n) is 8.67. The molecule has 1 aliphatic rings. The summed E-state index contributed by atoms with van der Waals surface area (Å²) in [6.45, 7) is 5.50. The number of nitrogens with zero attached hydrogens (tertiary/aromatic N) is 3. The molecule has 3 aromatic carbocycles. The third-order valence-electron chi connectivity index (χ3n) is 6.16. The van der Waals surface area contributed by atoms with Crippen molar-refractivity contribution in [1.82, 2.24) is 14.8 Å². The van der Waals surface area contributed by atoms with Crippen LogP contribution in [0.2, 0.25) is 0 Å². The summed E-state index contributed by atoms with van der Waals surface area (Å²) < 4.78 is 0. The largest absolute Gasteiger partial charge is 0.325 e. The van der Waals surface area contributed by atoms with Crippen LogP contribution in [0.25, 0.3) is 21.3 Å². The first-order valence-electron chi connectivity index (χ1n) is 11.4. The van der Waals surface area contributed by atoms with Gasteiger partial charge in [-0.25, -0.2) is 4.98 Å². The van der Waals surface area contributed by atoms with Crippen LogP contribution < -0.4 is 5.32 Å². The van der Waals surface area contributed by atoms with Gasteiger partial charge >= 0.3 is 0 Å². The maximum atomic E-state index is 12.7. The molecule has 0 atom stereocenters. The lowest BCUT2D eigenvalue weighted by atomic mass is 10.1. The number of nitrogens with one attached hydrogen (secondary N) is 1. The Morgan fingerprint density at radius 3 is 2.55 bits per heavy atom. The second kappa shape index (κ2) is 9.83. The molecule has 33 heavy (non-hydrogen) atoms. The van der Waals surface area contributed by atoms with Crippen molar-refractivity contribution in [3.05, 3.63) is 83.4 Å². The van der Waals surface area contributed by atoms with E-state index in [2.05, 4.69) is 46.4 Å². The van der Waals surface area contributed by atoms with Gasteiger partial charge < -0.3 is 10.2 Å². The van der Waals surface area contributed by atoms with Gasteiger partial charge in [0.25, 0.3) is 0 Å². The fraction of sp³-hybridized carbons (Fsp3) is 0.259. The SMILES string of the molecule is CN1CCN(Cc2ccc(-c3nc(CC(=O)Nc4cccc5ccccc45)cs3)cc2)CC1. The molecule has 0 radical (unpaired) electrons. The molecular formula is C27H28N4OS. The summed E-state index contributed by atoms with van der Waals surface area (Å²) in [5, 5.41) is 8.14. The van der Waals surface area contributed by atoms with E-state index in [1.807, 2.05) is 47.8 Å². The smallest absolute Gasteiger partial charge is 0.230 e. The van der Waals surface area contributed by atoms with Crippen LogP contribution in [0.15, 0.2) is 72.1 Å². The summed E-state index contributed by atoms with van der Waals surface area (Å²) in [7, 11) is 2.18. The first kappa shape index (κ1) is 21.8. The van der Waals surface area contributed by atoms with Gasteiger partial charge in [0.15, 0.2) is 0 Å². The molecule has 4 aromatic rings. The van der Waals surface area contributed by atoms with Crippen molar-refractivity contribution in [2.75, 3.05) is 38.5 Å². The lowest BCUT2D eigenvalue weighted by Gasteiger charge is -2.32. The minimum Gasteiger partial charge on any atom is -0.325 e. The molecule has 1 fully saturated rings. The molecule has 5 rings (SSSR count). The molecule has 6 heteroatoms. The normalized spacial score (nSPS) is 15.1. The van der Waals surface area contributed by atoms with E-state index in [4.69, 9.17) is 4.98 Å². The van der Waals surface area contributed by atoms with Crippen LogP contribution in [0.1, 0.15) is 11.3 Å². The van der Waals surface area contributed by atoms with Gasteiger partial charge in [-0.2, -0.15) is 0 Å². The van der Waals surface area contributed by atoms with E-state index >= 15 is 0 Å². The highest BCUT2D eigenvalue weighted by molar-refractivity contribution is 7.13.